The van der Waals surface area contributed by atoms with Crippen LogP contribution in [0.3, 0.4) is 0 Å². The average molecular weight is 130 g/mol. The molecule has 0 aliphatic carbocycles. The van der Waals surface area contributed by atoms with Gasteiger partial charge in [-0.05, 0) is 12.1 Å². The van der Waals surface area contributed by atoms with Crippen molar-refractivity contribution >= 4 is 0 Å². The Bertz CT molecular complexity index is 226. The van der Waals surface area contributed by atoms with Crippen molar-refractivity contribution in [3.8, 4) is 6.01 Å². The topological polar surface area (TPSA) is 68.1 Å². The molecule has 1 aromatic rings. The molecule has 1 aromatic heterocycles. The highest BCUT2D eigenvalue weighted by atomic mass is 16.6. The summed E-state index contributed by atoms with van der Waals surface area (Å²) in [6.45, 7) is 2.25. The van der Waals surface area contributed by atoms with Gasteiger partial charge in [-0.2, -0.15) is 0 Å². The molecule has 0 aromatic carbocycles. The van der Waals surface area contributed by atoms with Crippen LogP contribution in [-0.4, -0.2) is 16.7 Å². The standard InChI is InChI=1S/C4H6N2O3/c1-2-8-3-5-4(7)9-6-3/h2H2,1H3,(H,5,6,7). The smallest absolute Gasteiger partial charge is 0.441 e. The van der Waals surface area contributed by atoms with Gasteiger partial charge >= 0.3 is 11.8 Å². The fourth-order valence-corrected chi connectivity index (χ4v) is 0.415. The maximum Gasteiger partial charge on any atom is 0.441 e. The van der Waals surface area contributed by atoms with Crippen molar-refractivity contribution in [1.29, 1.82) is 0 Å². The number of rotatable bonds is 2. The molecule has 5 heteroatoms. The number of hydrogen-bond acceptors (Lipinski definition) is 4. The Kier molecular flexibility index (Phi) is 1.53. The van der Waals surface area contributed by atoms with Crippen LogP contribution in [0.2, 0.25) is 0 Å². The van der Waals surface area contributed by atoms with E-state index < -0.39 is 5.76 Å². The number of aromatic nitrogens is 2. The lowest BCUT2D eigenvalue weighted by Crippen LogP contribution is -1.97. The number of H-pyrrole nitrogens is 1. The van der Waals surface area contributed by atoms with Crippen LogP contribution in [0.4, 0.5) is 0 Å². The van der Waals surface area contributed by atoms with E-state index >= 15 is 0 Å². The molecule has 0 spiro atoms. The zero-order valence-corrected chi connectivity index (χ0v) is 4.88. The first-order valence-corrected chi connectivity index (χ1v) is 2.51. The Balaban J connectivity index is 2.73. The van der Waals surface area contributed by atoms with Crippen molar-refractivity contribution < 1.29 is 9.26 Å². The second kappa shape index (κ2) is 2.34. The van der Waals surface area contributed by atoms with Crippen LogP contribution >= 0.6 is 0 Å². The Hall–Kier alpha value is -1.26. The van der Waals surface area contributed by atoms with Gasteiger partial charge in [0.05, 0.1) is 6.61 Å². The van der Waals surface area contributed by atoms with Gasteiger partial charge in [0.15, 0.2) is 0 Å². The van der Waals surface area contributed by atoms with Gasteiger partial charge in [0.1, 0.15) is 0 Å². The first-order chi connectivity index (χ1) is 4.33. The van der Waals surface area contributed by atoms with Crippen LogP contribution in [0.1, 0.15) is 6.92 Å². The van der Waals surface area contributed by atoms with Gasteiger partial charge in [0.2, 0.25) is 0 Å². The summed E-state index contributed by atoms with van der Waals surface area (Å²) in [4.78, 5) is 12.4. The van der Waals surface area contributed by atoms with E-state index in [4.69, 9.17) is 4.74 Å². The normalized spacial score (nSPS) is 9.44. The molecule has 50 valence electrons. The van der Waals surface area contributed by atoms with Crippen molar-refractivity contribution in [2.45, 2.75) is 6.92 Å². The molecule has 9 heavy (non-hydrogen) atoms. The summed E-state index contributed by atoms with van der Waals surface area (Å²) in [6.07, 6.45) is 0. The van der Waals surface area contributed by atoms with Crippen LogP contribution < -0.4 is 10.5 Å². The van der Waals surface area contributed by atoms with E-state index in [1.165, 1.54) is 0 Å². The Morgan fingerprint density at radius 1 is 1.89 bits per heavy atom. The Morgan fingerprint density at radius 2 is 2.67 bits per heavy atom. The number of nitrogens with zero attached hydrogens (tertiary/aromatic N) is 1. The summed E-state index contributed by atoms with van der Waals surface area (Å²) in [6, 6.07) is 0.127. The van der Waals surface area contributed by atoms with Crippen LogP contribution in [0.15, 0.2) is 9.32 Å². The monoisotopic (exact) mass is 130 g/mol. The molecular weight excluding hydrogens is 124 g/mol. The molecular formula is C4H6N2O3. The van der Waals surface area contributed by atoms with Gasteiger partial charge in [0.25, 0.3) is 0 Å². The van der Waals surface area contributed by atoms with Crippen molar-refractivity contribution in [2.24, 2.45) is 0 Å². The van der Waals surface area contributed by atoms with Gasteiger partial charge in [-0.15, -0.1) is 0 Å². The van der Waals surface area contributed by atoms with E-state index in [0.29, 0.717) is 6.61 Å². The zero-order chi connectivity index (χ0) is 6.69. The lowest BCUT2D eigenvalue weighted by Gasteiger charge is -1.90. The van der Waals surface area contributed by atoms with Gasteiger partial charge in [-0.1, -0.05) is 0 Å². The molecule has 0 radical (unpaired) electrons. The summed E-state index contributed by atoms with van der Waals surface area (Å²) < 4.78 is 8.90. The summed E-state index contributed by atoms with van der Waals surface area (Å²) in [7, 11) is 0. The molecule has 0 fully saturated rings. The van der Waals surface area contributed by atoms with E-state index in [-0.39, 0.29) is 6.01 Å². The maximum atomic E-state index is 10.2. The minimum Gasteiger partial charge on any atom is -0.463 e. The summed E-state index contributed by atoms with van der Waals surface area (Å²) in [5.74, 6) is -0.599. The first kappa shape index (κ1) is 5.87. The second-order valence-corrected chi connectivity index (χ2v) is 1.33. The minimum atomic E-state index is -0.599. The van der Waals surface area contributed by atoms with Crippen LogP contribution in [-0.2, 0) is 0 Å². The number of aromatic amines is 1. The zero-order valence-electron chi connectivity index (χ0n) is 4.88. The molecule has 1 rings (SSSR count). The highest BCUT2D eigenvalue weighted by molar-refractivity contribution is 4.82. The molecule has 1 heterocycles. The molecule has 5 nitrogen and oxygen atoms in total. The quantitative estimate of drug-likeness (QED) is 0.600. The molecule has 0 saturated heterocycles. The van der Waals surface area contributed by atoms with Gasteiger partial charge in [-0.3, -0.25) is 4.52 Å². The first-order valence-electron chi connectivity index (χ1n) is 2.51. The van der Waals surface area contributed by atoms with Crippen molar-refractivity contribution in [3.63, 3.8) is 0 Å². The van der Waals surface area contributed by atoms with E-state index in [0.717, 1.165) is 0 Å². The molecule has 0 saturated carbocycles. The van der Waals surface area contributed by atoms with E-state index in [1.54, 1.807) is 6.92 Å². The van der Waals surface area contributed by atoms with Crippen molar-refractivity contribution in [2.75, 3.05) is 6.61 Å². The number of ether oxygens (including phenoxy) is 1. The highest BCUT2D eigenvalue weighted by Gasteiger charge is 1.96. The average Bonchev–Trinajstić information content (AvgIpc) is 2.17. The summed E-state index contributed by atoms with van der Waals surface area (Å²) >= 11 is 0. The third kappa shape index (κ3) is 1.31. The molecule has 1 N–H and O–H groups in total. The molecule has 0 aliphatic rings. The molecule has 0 unspecified atom stereocenters. The van der Waals surface area contributed by atoms with Crippen molar-refractivity contribution in [1.82, 2.24) is 10.1 Å². The van der Waals surface area contributed by atoms with E-state index in [9.17, 15) is 4.79 Å². The highest BCUT2D eigenvalue weighted by Crippen LogP contribution is 1.92. The third-order valence-corrected chi connectivity index (χ3v) is 0.702. The second-order valence-electron chi connectivity index (χ2n) is 1.33. The lowest BCUT2D eigenvalue weighted by atomic mass is 10.9. The fraction of sp³-hybridized carbons (Fsp3) is 0.500. The summed E-state index contributed by atoms with van der Waals surface area (Å²) in [5.41, 5.74) is 0. The van der Waals surface area contributed by atoms with E-state index in [2.05, 4.69) is 14.7 Å². The largest absolute Gasteiger partial charge is 0.463 e. The third-order valence-electron chi connectivity index (χ3n) is 0.702. The summed E-state index contributed by atoms with van der Waals surface area (Å²) in [5, 5.41) is 3.24. The number of hydrogen-bond donors (Lipinski definition) is 1. The van der Waals surface area contributed by atoms with Crippen molar-refractivity contribution in [3.05, 3.63) is 10.6 Å². The predicted octanol–water partition coefficient (Wildman–Crippen LogP) is -0.238. The van der Waals surface area contributed by atoms with Gasteiger partial charge in [-0.25, -0.2) is 9.78 Å². The SMILES string of the molecule is CCOc1noc(=O)[nH]1. The number of nitrogens with one attached hydrogen (secondary N) is 1. The lowest BCUT2D eigenvalue weighted by molar-refractivity contribution is 0.287. The minimum absolute atomic E-state index is 0.127. The van der Waals surface area contributed by atoms with E-state index in [1.807, 2.05) is 0 Å². The van der Waals surface area contributed by atoms with Gasteiger partial charge < -0.3 is 4.74 Å². The Morgan fingerprint density at radius 3 is 3.11 bits per heavy atom. The Labute approximate surface area is 50.6 Å². The van der Waals surface area contributed by atoms with Crippen LogP contribution in [0.25, 0.3) is 0 Å². The van der Waals surface area contributed by atoms with Gasteiger partial charge in [0, 0.05) is 0 Å². The molecule has 0 bridgehead atoms. The maximum absolute atomic E-state index is 10.2. The van der Waals surface area contributed by atoms with Crippen LogP contribution in [0, 0.1) is 0 Å². The predicted molar refractivity (Wildman–Crippen MR) is 28.3 cm³/mol. The fourth-order valence-electron chi connectivity index (χ4n) is 0.415. The molecule has 0 amide bonds. The molecule has 0 atom stereocenters. The van der Waals surface area contributed by atoms with Crippen LogP contribution in [0.5, 0.6) is 6.01 Å². The molecule has 0 aliphatic heterocycles.